The highest BCUT2D eigenvalue weighted by Crippen LogP contribution is 2.42. The fourth-order valence-electron chi connectivity index (χ4n) is 4.30. The Kier molecular flexibility index (Phi) is 6.34. The number of rotatable bonds is 6. The first-order valence-electron chi connectivity index (χ1n) is 10.4. The molecule has 0 bridgehead atoms. The van der Waals surface area contributed by atoms with Gasteiger partial charge in [-0.25, -0.2) is 12.7 Å². The van der Waals surface area contributed by atoms with Crippen LogP contribution in [-0.4, -0.2) is 43.1 Å². The summed E-state index contributed by atoms with van der Waals surface area (Å²) in [5, 5.41) is 3.25. The van der Waals surface area contributed by atoms with Gasteiger partial charge < -0.3 is 10.1 Å². The zero-order valence-corrected chi connectivity index (χ0v) is 17.9. The van der Waals surface area contributed by atoms with Gasteiger partial charge in [-0.15, -0.1) is 0 Å². The molecule has 1 aromatic rings. The molecule has 0 saturated carbocycles. The number of para-hydroxylation sites is 1. The van der Waals surface area contributed by atoms with Gasteiger partial charge >= 0.3 is 0 Å². The van der Waals surface area contributed by atoms with Gasteiger partial charge in [-0.2, -0.15) is 0 Å². The van der Waals surface area contributed by atoms with E-state index in [0.717, 1.165) is 30.6 Å². The number of carbonyl (C=O) groups excluding carboxylic acids is 1. The van der Waals surface area contributed by atoms with E-state index in [-0.39, 0.29) is 29.2 Å². The molecule has 1 atom stereocenters. The Bertz CT molecular complexity index is 796. The monoisotopic (exact) mass is 408 g/mol. The number of nitrogens with zero attached hydrogens (tertiary/aromatic N) is 1. The van der Waals surface area contributed by atoms with Crippen LogP contribution in [0, 0.1) is 5.92 Å². The third-order valence-corrected chi connectivity index (χ3v) is 8.27. The van der Waals surface area contributed by atoms with E-state index in [0.29, 0.717) is 25.9 Å². The summed E-state index contributed by atoms with van der Waals surface area (Å²) < 4.78 is 31.9. The molecule has 1 amide bonds. The summed E-state index contributed by atoms with van der Waals surface area (Å²) in [5.74, 6) is 0.845. The lowest BCUT2D eigenvalue weighted by Crippen LogP contribution is -2.47. The van der Waals surface area contributed by atoms with Crippen molar-refractivity contribution >= 4 is 15.9 Å². The molecule has 0 aliphatic carbocycles. The number of benzene rings is 1. The van der Waals surface area contributed by atoms with Crippen molar-refractivity contribution in [1.82, 2.24) is 9.62 Å². The van der Waals surface area contributed by atoms with Gasteiger partial charge in [-0.05, 0) is 38.7 Å². The van der Waals surface area contributed by atoms with E-state index in [9.17, 15) is 13.2 Å². The van der Waals surface area contributed by atoms with Crippen molar-refractivity contribution in [1.29, 1.82) is 0 Å². The number of amides is 1. The third-order valence-electron chi connectivity index (χ3n) is 6.39. The fraction of sp³-hybridized carbons (Fsp3) is 0.667. The molecule has 0 unspecified atom stereocenters. The summed E-state index contributed by atoms with van der Waals surface area (Å²) in [4.78, 5) is 13.0. The maximum atomic E-state index is 13.0. The summed E-state index contributed by atoms with van der Waals surface area (Å²) in [6, 6.07) is 7.85. The van der Waals surface area contributed by atoms with Crippen molar-refractivity contribution in [3.05, 3.63) is 29.8 Å². The second-order valence-electron chi connectivity index (χ2n) is 7.87. The van der Waals surface area contributed by atoms with Crippen LogP contribution in [0.25, 0.3) is 0 Å². The fourth-order valence-corrected chi connectivity index (χ4v) is 5.43. The van der Waals surface area contributed by atoms with Crippen molar-refractivity contribution < 1.29 is 17.9 Å². The molecule has 7 heteroatoms. The van der Waals surface area contributed by atoms with E-state index in [2.05, 4.69) is 19.2 Å². The van der Waals surface area contributed by atoms with Crippen molar-refractivity contribution in [3.8, 4) is 5.75 Å². The van der Waals surface area contributed by atoms with Gasteiger partial charge in [-0.1, -0.05) is 32.0 Å². The molecule has 0 aromatic heterocycles. The van der Waals surface area contributed by atoms with E-state index >= 15 is 0 Å². The van der Waals surface area contributed by atoms with Gasteiger partial charge in [0.05, 0.1) is 11.8 Å². The van der Waals surface area contributed by atoms with Gasteiger partial charge in [0.15, 0.2) is 0 Å². The minimum Gasteiger partial charge on any atom is -0.487 e. The summed E-state index contributed by atoms with van der Waals surface area (Å²) in [5.41, 5.74) is 0.768. The van der Waals surface area contributed by atoms with Crippen molar-refractivity contribution in [2.75, 3.05) is 18.8 Å². The largest absolute Gasteiger partial charge is 0.487 e. The molecule has 156 valence electrons. The van der Waals surface area contributed by atoms with Gasteiger partial charge in [-0.3, -0.25) is 4.79 Å². The number of fused-ring (bicyclic) bond motifs is 1. The van der Waals surface area contributed by atoms with Gasteiger partial charge in [0.2, 0.25) is 15.9 Å². The number of hydrogen-bond donors (Lipinski definition) is 1. The van der Waals surface area contributed by atoms with Gasteiger partial charge in [0, 0.05) is 31.0 Å². The minimum atomic E-state index is -3.17. The summed E-state index contributed by atoms with van der Waals surface area (Å²) in [7, 11) is -3.17. The first-order valence-corrected chi connectivity index (χ1v) is 12.0. The molecule has 1 N–H and O–H groups in total. The van der Waals surface area contributed by atoms with Gasteiger partial charge in [0.25, 0.3) is 0 Å². The number of piperidine rings is 1. The second-order valence-corrected chi connectivity index (χ2v) is 10.1. The summed E-state index contributed by atoms with van der Waals surface area (Å²) in [6.07, 6.45) is 3.67. The van der Waals surface area contributed by atoms with E-state index < -0.39 is 10.0 Å². The lowest BCUT2D eigenvalue weighted by molar-refractivity contribution is -0.127. The number of ether oxygens (including phenoxy) is 1. The van der Waals surface area contributed by atoms with Crippen LogP contribution in [-0.2, 0) is 14.8 Å². The van der Waals surface area contributed by atoms with Crippen LogP contribution in [0.4, 0.5) is 0 Å². The molecule has 1 fully saturated rings. The molecule has 28 heavy (non-hydrogen) atoms. The zero-order valence-electron chi connectivity index (χ0n) is 17.1. The SMILES string of the molecule is CCC1(CC)C[C@H](NC(=O)C2CCN(S(=O)(=O)CC)CC2)c2ccccc2O1. The molecule has 3 rings (SSSR count). The van der Waals surface area contributed by atoms with Crippen molar-refractivity contribution in [2.24, 2.45) is 5.92 Å². The second kappa shape index (κ2) is 8.41. The molecule has 2 aliphatic rings. The predicted octanol–water partition coefficient (Wildman–Crippen LogP) is 3.25. The number of nitrogens with one attached hydrogen (secondary N) is 1. The first-order chi connectivity index (χ1) is 13.3. The van der Waals surface area contributed by atoms with Crippen LogP contribution < -0.4 is 10.1 Å². The maximum Gasteiger partial charge on any atom is 0.223 e. The van der Waals surface area contributed by atoms with E-state index in [1.165, 1.54) is 4.31 Å². The highest BCUT2D eigenvalue weighted by molar-refractivity contribution is 7.89. The average molecular weight is 409 g/mol. The van der Waals surface area contributed by atoms with Crippen LogP contribution >= 0.6 is 0 Å². The average Bonchev–Trinajstić information content (AvgIpc) is 2.73. The highest BCUT2D eigenvalue weighted by atomic mass is 32.2. The third kappa shape index (κ3) is 4.20. The number of carbonyl (C=O) groups is 1. The van der Waals surface area contributed by atoms with Crippen LogP contribution in [0.5, 0.6) is 5.75 Å². The topological polar surface area (TPSA) is 75.7 Å². The van der Waals surface area contributed by atoms with Crippen LogP contribution in [0.15, 0.2) is 24.3 Å². The van der Waals surface area contributed by atoms with E-state index in [1.54, 1.807) is 6.92 Å². The summed E-state index contributed by atoms with van der Waals surface area (Å²) >= 11 is 0. The lowest BCUT2D eigenvalue weighted by Gasteiger charge is -2.42. The standard InChI is InChI=1S/C21H32N2O4S/c1-4-21(5-2)15-18(17-9-7-8-10-19(17)27-21)22-20(24)16-11-13-23(14-12-16)28(25,26)6-3/h7-10,16,18H,4-6,11-15H2,1-3H3,(H,22,24)/t18-/m0/s1. The molecule has 0 radical (unpaired) electrons. The molecule has 0 spiro atoms. The molecule has 1 saturated heterocycles. The molecular formula is C21H32N2O4S. The van der Waals surface area contributed by atoms with Crippen LogP contribution in [0.2, 0.25) is 0 Å². The van der Waals surface area contributed by atoms with Gasteiger partial charge in [0.1, 0.15) is 11.4 Å². The molecule has 6 nitrogen and oxygen atoms in total. The Balaban J connectivity index is 1.70. The first kappa shape index (κ1) is 21.1. The highest BCUT2D eigenvalue weighted by Gasteiger charge is 2.40. The van der Waals surface area contributed by atoms with E-state index in [1.807, 2.05) is 24.3 Å². The molecule has 1 aromatic carbocycles. The smallest absolute Gasteiger partial charge is 0.223 e. The Morgan fingerprint density at radius 3 is 2.43 bits per heavy atom. The van der Waals surface area contributed by atoms with E-state index in [4.69, 9.17) is 4.74 Å². The Morgan fingerprint density at radius 1 is 1.18 bits per heavy atom. The van der Waals surface area contributed by atoms with Crippen LogP contribution in [0.1, 0.15) is 64.5 Å². The maximum absolute atomic E-state index is 13.0. The minimum absolute atomic E-state index is 0.0244. The Labute approximate surface area is 168 Å². The summed E-state index contributed by atoms with van der Waals surface area (Å²) in [6.45, 7) is 6.75. The Morgan fingerprint density at radius 2 is 1.82 bits per heavy atom. The molecule has 2 aliphatic heterocycles. The molecular weight excluding hydrogens is 376 g/mol. The number of sulfonamides is 1. The molecule has 2 heterocycles. The Hall–Kier alpha value is -1.60. The van der Waals surface area contributed by atoms with Crippen molar-refractivity contribution in [3.63, 3.8) is 0 Å². The predicted molar refractivity (Wildman–Crippen MR) is 110 cm³/mol. The zero-order chi connectivity index (χ0) is 20.4. The lowest BCUT2D eigenvalue weighted by atomic mass is 9.83. The normalized spacial score (nSPS) is 22.9. The van der Waals surface area contributed by atoms with Crippen LogP contribution in [0.3, 0.4) is 0 Å². The van der Waals surface area contributed by atoms with Crippen molar-refractivity contribution in [2.45, 2.75) is 64.5 Å². The quantitative estimate of drug-likeness (QED) is 0.784. The number of hydrogen-bond acceptors (Lipinski definition) is 4.